The Morgan fingerprint density at radius 3 is 2.21 bits per heavy atom. The van der Waals surface area contributed by atoms with Gasteiger partial charge in [-0.25, -0.2) is 4.79 Å². The van der Waals surface area contributed by atoms with Crippen molar-refractivity contribution in [2.24, 2.45) is 0 Å². The zero-order valence-electron chi connectivity index (χ0n) is 20.5. The fourth-order valence-corrected chi connectivity index (χ4v) is 3.36. The van der Waals surface area contributed by atoms with E-state index >= 15 is 0 Å². The molecular formula is C26H36N2O6. The number of rotatable bonds is 11. The van der Waals surface area contributed by atoms with E-state index in [-0.39, 0.29) is 6.61 Å². The van der Waals surface area contributed by atoms with Gasteiger partial charge >= 0.3 is 12.1 Å². The zero-order valence-corrected chi connectivity index (χ0v) is 20.5. The molecule has 0 saturated heterocycles. The lowest BCUT2D eigenvalue weighted by Crippen LogP contribution is -2.57. The standard InChI is InChI=1S/C26H36N2O6/c1-6-33-24(30)22(27-17-19-12-14-20(32-5)15-13-19)23(29)21(16-18-10-8-7-9-11-18)28-25(31)34-26(2,3)4/h7-15,21-23,27,29H,6,16-17H2,1-5H3,(H,28,31)/t21-,22+,23-/m0/s1. The van der Waals surface area contributed by atoms with Crippen LogP contribution in [-0.2, 0) is 27.2 Å². The fourth-order valence-electron chi connectivity index (χ4n) is 3.36. The summed E-state index contributed by atoms with van der Waals surface area (Å²) < 4.78 is 15.8. The van der Waals surface area contributed by atoms with Crippen LogP contribution in [0.25, 0.3) is 0 Å². The molecule has 2 aromatic carbocycles. The van der Waals surface area contributed by atoms with Crippen LogP contribution < -0.4 is 15.4 Å². The summed E-state index contributed by atoms with van der Waals surface area (Å²) in [5.41, 5.74) is 1.07. The molecule has 0 aromatic heterocycles. The zero-order chi connectivity index (χ0) is 25.1. The summed E-state index contributed by atoms with van der Waals surface area (Å²) in [7, 11) is 1.59. The minimum absolute atomic E-state index is 0.162. The summed E-state index contributed by atoms with van der Waals surface area (Å²) in [6.07, 6.45) is -1.67. The average Bonchev–Trinajstić information content (AvgIpc) is 2.78. The van der Waals surface area contributed by atoms with Gasteiger partial charge in [-0.1, -0.05) is 42.5 Å². The number of aliphatic hydroxyl groups is 1. The van der Waals surface area contributed by atoms with Crippen LogP contribution in [-0.4, -0.2) is 54.7 Å². The molecule has 186 valence electrons. The smallest absolute Gasteiger partial charge is 0.407 e. The molecule has 0 aliphatic heterocycles. The highest BCUT2D eigenvalue weighted by atomic mass is 16.6. The van der Waals surface area contributed by atoms with Crippen LogP contribution in [0.1, 0.15) is 38.8 Å². The number of aliphatic hydroxyl groups excluding tert-OH is 1. The predicted molar refractivity (Wildman–Crippen MR) is 130 cm³/mol. The van der Waals surface area contributed by atoms with E-state index in [0.717, 1.165) is 16.9 Å². The molecule has 0 aliphatic rings. The minimum atomic E-state index is -1.29. The number of benzene rings is 2. The van der Waals surface area contributed by atoms with E-state index in [1.165, 1.54) is 0 Å². The number of esters is 1. The first-order valence-electron chi connectivity index (χ1n) is 11.4. The second kappa shape index (κ2) is 13.0. The lowest BCUT2D eigenvalue weighted by Gasteiger charge is -2.31. The molecule has 0 aliphatic carbocycles. The average molecular weight is 473 g/mol. The maximum Gasteiger partial charge on any atom is 0.407 e. The normalized spacial score (nSPS) is 13.9. The van der Waals surface area contributed by atoms with Crippen molar-refractivity contribution in [3.8, 4) is 5.75 Å². The number of carbonyl (C=O) groups is 2. The molecule has 3 N–H and O–H groups in total. The van der Waals surface area contributed by atoms with Crippen LogP contribution in [0.5, 0.6) is 5.75 Å². The van der Waals surface area contributed by atoms with E-state index in [4.69, 9.17) is 14.2 Å². The van der Waals surface area contributed by atoms with Crippen LogP contribution in [0.3, 0.4) is 0 Å². The Kier molecular flexibility index (Phi) is 10.3. The van der Waals surface area contributed by atoms with Crippen molar-refractivity contribution in [3.63, 3.8) is 0 Å². The number of amides is 1. The minimum Gasteiger partial charge on any atom is -0.497 e. The van der Waals surface area contributed by atoms with Crippen LogP contribution in [0.2, 0.25) is 0 Å². The molecule has 0 saturated carbocycles. The number of hydrogen-bond donors (Lipinski definition) is 3. The highest BCUT2D eigenvalue weighted by Gasteiger charge is 2.35. The largest absolute Gasteiger partial charge is 0.497 e. The summed E-state index contributed by atoms with van der Waals surface area (Å²) in [6, 6.07) is 14.9. The lowest BCUT2D eigenvalue weighted by atomic mass is 9.96. The molecule has 2 aromatic rings. The van der Waals surface area contributed by atoms with Crippen molar-refractivity contribution in [2.75, 3.05) is 13.7 Å². The first-order valence-corrected chi connectivity index (χ1v) is 11.4. The van der Waals surface area contributed by atoms with E-state index in [0.29, 0.717) is 13.0 Å². The van der Waals surface area contributed by atoms with Gasteiger partial charge in [-0.3, -0.25) is 10.1 Å². The van der Waals surface area contributed by atoms with Crippen LogP contribution in [0.15, 0.2) is 54.6 Å². The molecule has 0 heterocycles. The molecule has 0 fully saturated rings. The second-order valence-corrected chi connectivity index (χ2v) is 8.89. The first kappa shape index (κ1) is 27.1. The molecule has 0 radical (unpaired) electrons. The summed E-state index contributed by atoms with van der Waals surface area (Å²) in [5, 5.41) is 17.1. The topological polar surface area (TPSA) is 106 Å². The third-order valence-corrected chi connectivity index (χ3v) is 4.98. The molecule has 0 bridgehead atoms. The van der Waals surface area contributed by atoms with Gasteiger partial charge in [0.1, 0.15) is 23.5 Å². The van der Waals surface area contributed by atoms with Crippen molar-refractivity contribution < 1.29 is 28.9 Å². The third kappa shape index (κ3) is 9.03. The molecular weight excluding hydrogens is 436 g/mol. The monoisotopic (exact) mass is 472 g/mol. The van der Waals surface area contributed by atoms with Gasteiger partial charge in [-0.15, -0.1) is 0 Å². The number of alkyl carbamates (subject to hydrolysis) is 1. The quantitative estimate of drug-likeness (QED) is 0.431. The Hall–Kier alpha value is -3.10. The maximum absolute atomic E-state index is 12.8. The number of methoxy groups -OCH3 is 1. The third-order valence-electron chi connectivity index (χ3n) is 4.98. The van der Waals surface area contributed by atoms with E-state index in [2.05, 4.69) is 10.6 Å². The Morgan fingerprint density at radius 2 is 1.65 bits per heavy atom. The van der Waals surface area contributed by atoms with E-state index < -0.39 is 35.9 Å². The van der Waals surface area contributed by atoms with Gasteiger partial charge in [0.15, 0.2) is 0 Å². The van der Waals surface area contributed by atoms with Crippen LogP contribution in [0, 0.1) is 0 Å². The number of hydrogen-bond acceptors (Lipinski definition) is 7. The number of carbonyl (C=O) groups excluding carboxylic acids is 2. The summed E-state index contributed by atoms with van der Waals surface area (Å²) in [4.78, 5) is 25.3. The van der Waals surface area contributed by atoms with Gasteiger partial charge in [-0.2, -0.15) is 0 Å². The van der Waals surface area contributed by atoms with Crippen molar-refractivity contribution >= 4 is 12.1 Å². The van der Waals surface area contributed by atoms with Crippen LogP contribution in [0.4, 0.5) is 4.79 Å². The molecule has 2 rings (SSSR count). The van der Waals surface area contributed by atoms with Gasteiger partial charge in [0, 0.05) is 6.54 Å². The summed E-state index contributed by atoms with van der Waals surface area (Å²) in [6.45, 7) is 7.43. The molecule has 8 heteroatoms. The molecule has 0 spiro atoms. The van der Waals surface area contributed by atoms with E-state index in [1.807, 2.05) is 54.6 Å². The Labute approximate surface area is 201 Å². The van der Waals surface area contributed by atoms with Crippen molar-refractivity contribution in [3.05, 3.63) is 65.7 Å². The highest BCUT2D eigenvalue weighted by Crippen LogP contribution is 2.15. The van der Waals surface area contributed by atoms with Crippen molar-refractivity contribution in [1.29, 1.82) is 0 Å². The Bertz CT molecular complexity index is 896. The first-order chi connectivity index (χ1) is 16.1. The molecule has 0 unspecified atom stereocenters. The predicted octanol–water partition coefficient (Wildman–Crippen LogP) is 3.21. The molecule has 8 nitrogen and oxygen atoms in total. The molecule has 34 heavy (non-hydrogen) atoms. The van der Waals surface area contributed by atoms with Gasteiger partial charge in [-0.05, 0) is 57.4 Å². The van der Waals surface area contributed by atoms with Gasteiger partial charge < -0.3 is 24.6 Å². The maximum atomic E-state index is 12.8. The van der Waals surface area contributed by atoms with Gasteiger partial charge in [0.05, 0.1) is 19.8 Å². The highest BCUT2D eigenvalue weighted by molar-refractivity contribution is 5.77. The molecule has 1 amide bonds. The summed E-state index contributed by atoms with van der Waals surface area (Å²) >= 11 is 0. The van der Waals surface area contributed by atoms with E-state index in [1.54, 1.807) is 34.8 Å². The van der Waals surface area contributed by atoms with Crippen molar-refractivity contribution in [2.45, 2.75) is 64.4 Å². The second-order valence-electron chi connectivity index (χ2n) is 8.89. The Balaban J connectivity index is 2.23. The van der Waals surface area contributed by atoms with Gasteiger partial charge in [0.25, 0.3) is 0 Å². The lowest BCUT2D eigenvalue weighted by molar-refractivity contribution is -0.149. The molecule has 3 atom stereocenters. The van der Waals surface area contributed by atoms with E-state index in [9.17, 15) is 14.7 Å². The Morgan fingerprint density at radius 1 is 1.00 bits per heavy atom. The summed E-state index contributed by atoms with van der Waals surface area (Å²) in [5.74, 6) is 0.114. The van der Waals surface area contributed by atoms with Crippen molar-refractivity contribution in [1.82, 2.24) is 10.6 Å². The fraction of sp³-hybridized carbons (Fsp3) is 0.462. The number of nitrogens with one attached hydrogen (secondary N) is 2. The van der Waals surface area contributed by atoms with Crippen LogP contribution >= 0.6 is 0 Å². The van der Waals surface area contributed by atoms with Gasteiger partial charge in [0.2, 0.25) is 0 Å². The SMILES string of the molecule is CCOC(=O)[C@H](NCc1ccc(OC)cc1)[C@@H](O)[C@H](Cc1ccccc1)NC(=O)OC(C)(C)C. The number of ether oxygens (including phenoxy) is 3.